The number of anilines is 3. The van der Waals surface area contributed by atoms with E-state index in [0.717, 1.165) is 17.2 Å². The highest BCUT2D eigenvalue weighted by molar-refractivity contribution is 6.03. The molecule has 0 bridgehead atoms. The van der Waals surface area contributed by atoms with E-state index in [1.807, 2.05) is 6.07 Å². The Labute approximate surface area is 277 Å². The van der Waals surface area contributed by atoms with Gasteiger partial charge in [0.05, 0.1) is 22.5 Å². The van der Waals surface area contributed by atoms with Gasteiger partial charge in [0, 0.05) is 30.3 Å². The number of benzene rings is 3. The monoisotopic (exact) mass is 694 g/mol. The Bertz CT molecular complexity index is 1730. The number of carbonyl (C=O) groups is 3. The van der Waals surface area contributed by atoms with Crippen molar-refractivity contribution in [1.82, 2.24) is 4.90 Å². The lowest BCUT2D eigenvalue weighted by molar-refractivity contribution is -0.143. The number of nitrogens with two attached hydrogens (primary N) is 1. The van der Waals surface area contributed by atoms with Gasteiger partial charge in [0.25, 0.3) is 0 Å². The van der Waals surface area contributed by atoms with Gasteiger partial charge in [0.1, 0.15) is 11.9 Å². The predicted molar refractivity (Wildman–Crippen MR) is 169 cm³/mol. The predicted octanol–water partition coefficient (Wildman–Crippen LogP) is 8.35. The summed E-state index contributed by atoms with van der Waals surface area (Å²) in [4.78, 5) is 39.5. The topological polar surface area (TPSA) is 114 Å². The van der Waals surface area contributed by atoms with Gasteiger partial charge in [-0.1, -0.05) is 18.2 Å². The van der Waals surface area contributed by atoms with Crippen LogP contribution in [0.5, 0.6) is 0 Å². The molecule has 3 aromatic carbocycles. The van der Waals surface area contributed by atoms with Crippen LogP contribution < -0.4 is 16.4 Å². The largest absolute Gasteiger partial charge is 0.441 e. The van der Waals surface area contributed by atoms with Gasteiger partial charge >= 0.3 is 18.4 Å². The van der Waals surface area contributed by atoms with Crippen LogP contribution in [0.2, 0.25) is 0 Å². The van der Waals surface area contributed by atoms with E-state index in [1.165, 1.54) is 23.1 Å². The molecule has 3 amide bonds. The Hall–Kier alpha value is -5.08. The van der Waals surface area contributed by atoms with Gasteiger partial charge in [-0.3, -0.25) is 9.59 Å². The first-order valence-electron chi connectivity index (χ1n) is 15.0. The molecule has 1 aliphatic rings. The number of halogens is 7. The van der Waals surface area contributed by atoms with Crippen molar-refractivity contribution in [1.29, 1.82) is 0 Å². The summed E-state index contributed by atoms with van der Waals surface area (Å²) >= 11 is 0. The molecule has 8 nitrogen and oxygen atoms in total. The number of hydrogen-bond acceptors (Lipinski definition) is 5. The van der Waals surface area contributed by atoms with Crippen LogP contribution in [0.4, 0.5) is 52.6 Å². The maximum Gasteiger partial charge on any atom is 0.416 e. The molecule has 49 heavy (non-hydrogen) atoms. The average molecular weight is 695 g/mol. The lowest BCUT2D eigenvalue weighted by Gasteiger charge is -2.35. The number of alkyl halides is 6. The number of ether oxygens (including phenoxy) is 1. The first-order chi connectivity index (χ1) is 22.7. The molecule has 0 heterocycles. The van der Waals surface area contributed by atoms with Crippen molar-refractivity contribution in [3.05, 3.63) is 94.3 Å². The lowest BCUT2D eigenvalue weighted by atomic mass is 10.0. The maximum absolute atomic E-state index is 13.3. The summed E-state index contributed by atoms with van der Waals surface area (Å²) in [5.41, 5.74) is 3.66. The summed E-state index contributed by atoms with van der Waals surface area (Å²) in [6, 6.07) is 9.69. The van der Waals surface area contributed by atoms with Gasteiger partial charge in [0.2, 0.25) is 11.8 Å². The van der Waals surface area contributed by atoms with Gasteiger partial charge in [-0.25, -0.2) is 9.18 Å². The van der Waals surface area contributed by atoms with E-state index in [4.69, 9.17) is 10.5 Å². The molecule has 3 aromatic rings. The van der Waals surface area contributed by atoms with Crippen molar-refractivity contribution in [3.8, 4) is 0 Å². The van der Waals surface area contributed by atoms with Crippen LogP contribution in [0.3, 0.4) is 0 Å². The lowest BCUT2D eigenvalue weighted by Crippen LogP contribution is -2.47. The Balaban J connectivity index is 1.38. The van der Waals surface area contributed by atoms with Crippen LogP contribution in [0.25, 0.3) is 6.08 Å². The molecule has 1 unspecified atom stereocenters. The quantitative estimate of drug-likeness (QED) is 0.125. The molecule has 0 aromatic heterocycles. The Kier molecular flexibility index (Phi) is 10.6. The third kappa shape index (κ3) is 9.74. The minimum atomic E-state index is -5.08. The second-order valence-corrected chi connectivity index (χ2v) is 12.3. The molecule has 0 aliphatic heterocycles. The van der Waals surface area contributed by atoms with E-state index in [9.17, 15) is 45.1 Å². The molecule has 15 heteroatoms. The van der Waals surface area contributed by atoms with Crippen molar-refractivity contribution in [2.24, 2.45) is 0 Å². The van der Waals surface area contributed by atoms with Gasteiger partial charge in [-0.2, -0.15) is 26.3 Å². The molecule has 4 rings (SSSR count). The van der Waals surface area contributed by atoms with Crippen molar-refractivity contribution in [3.63, 3.8) is 0 Å². The first kappa shape index (κ1) is 36.8. The summed E-state index contributed by atoms with van der Waals surface area (Å²) < 4.78 is 98.3. The van der Waals surface area contributed by atoms with Gasteiger partial charge < -0.3 is 26.0 Å². The van der Waals surface area contributed by atoms with Crippen molar-refractivity contribution < 1.29 is 49.9 Å². The zero-order valence-corrected chi connectivity index (χ0v) is 26.6. The number of aryl methyl sites for hydroxylation is 1. The highest BCUT2D eigenvalue weighted by Crippen LogP contribution is 2.38. The molecular formula is C34H33F7N4O4. The molecule has 4 N–H and O–H groups in total. The summed E-state index contributed by atoms with van der Waals surface area (Å²) in [5.74, 6) is -1.92. The van der Waals surface area contributed by atoms with E-state index in [0.29, 0.717) is 30.5 Å². The normalized spacial score (nSPS) is 14.8. The fourth-order valence-corrected chi connectivity index (χ4v) is 5.17. The second-order valence-electron chi connectivity index (χ2n) is 12.3. The Morgan fingerprint density at radius 3 is 2.16 bits per heavy atom. The van der Waals surface area contributed by atoms with Crippen LogP contribution in [0.15, 0.2) is 60.7 Å². The van der Waals surface area contributed by atoms with E-state index >= 15 is 0 Å². The fraction of sp³-hybridized carbons (Fsp3) is 0.324. The smallest absolute Gasteiger partial charge is 0.416 e. The Morgan fingerprint density at radius 2 is 1.57 bits per heavy atom. The average Bonchev–Trinajstić information content (AvgIpc) is 3.37. The number of hydrogen-bond donors (Lipinski definition) is 3. The van der Waals surface area contributed by atoms with Crippen LogP contribution in [-0.4, -0.2) is 34.9 Å². The van der Waals surface area contributed by atoms with E-state index in [2.05, 4.69) is 10.6 Å². The standard InChI is InChI=1S/C34H33F7N4O4/c1-32(2,3)45(13-12-30(47)43-24-16-21(33(36,37)38)15-22(17-24)34(39,40)41)31(48)49-28-10-6-20-14-19(4-8-25(20)28)5-11-29(46)44-27-9-7-23(35)18-26(27)42/h4-5,7-9,11,14-18,28H,6,10,12-13,42H2,1-3H3,(H,43,47)(H,44,46)/b11-5+. The summed E-state index contributed by atoms with van der Waals surface area (Å²) in [7, 11) is 0. The molecule has 1 atom stereocenters. The first-order valence-corrected chi connectivity index (χ1v) is 15.0. The van der Waals surface area contributed by atoms with Gasteiger partial charge in [-0.05, 0) is 92.8 Å². The van der Waals surface area contributed by atoms with E-state index in [-0.39, 0.29) is 24.0 Å². The molecule has 1 aliphatic carbocycles. The fourth-order valence-electron chi connectivity index (χ4n) is 5.17. The van der Waals surface area contributed by atoms with Crippen LogP contribution in [0, 0.1) is 5.82 Å². The zero-order valence-electron chi connectivity index (χ0n) is 26.6. The minimum Gasteiger partial charge on any atom is -0.441 e. The number of nitrogens with zero attached hydrogens (tertiary/aromatic N) is 1. The number of fused-ring (bicyclic) bond motifs is 1. The molecular weight excluding hydrogens is 661 g/mol. The maximum atomic E-state index is 13.3. The third-order valence-electron chi connectivity index (χ3n) is 7.60. The Morgan fingerprint density at radius 1 is 0.918 bits per heavy atom. The van der Waals surface area contributed by atoms with Crippen LogP contribution >= 0.6 is 0 Å². The molecule has 0 saturated heterocycles. The molecule has 262 valence electrons. The van der Waals surface area contributed by atoms with Gasteiger partial charge in [0.15, 0.2) is 0 Å². The highest BCUT2D eigenvalue weighted by Gasteiger charge is 2.37. The second kappa shape index (κ2) is 14.2. The number of rotatable bonds is 8. The number of carbonyl (C=O) groups excluding carboxylic acids is 3. The molecule has 0 fully saturated rings. The summed E-state index contributed by atoms with van der Waals surface area (Å²) in [5, 5.41) is 4.64. The van der Waals surface area contributed by atoms with Gasteiger partial charge in [-0.15, -0.1) is 0 Å². The zero-order chi connectivity index (χ0) is 36.3. The minimum absolute atomic E-state index is 0.0426. The number of amides is 3. The number of nitrogen functional groups attached to an aromatic ring is 1. The highest BCUT2D eigenvalue weighted by atomic mass is 19.4. The third-order valence-corrected chi connectivity index (χ3v) is 7.60. The van der Waals surface area contributed by atoms with E-state index in [1.54, 1.807) is 39.0 Å². The van der Waals surface area contributed by atoms with Crippen molar-refractivity contribution >= 4 is 41.0 Å². The summed E-state index contributed by atoms with van der Waals surface area (Å²) in [6.45, 7) is 4.79. The van der Waals surface area contributed by atoms with Crippen molar-refractivity contribution in [2.45, 2.75) is 64.0 Å². The van der Waals surface area contributed by atoms with Crippen molar-refractivity contribution in [2.75, 3.05) is 22.9 Å². The molecule has 0 spiro atoms. The number of nitrogens with one attached hydrogen (secondary N) is 2. The van der Waals surface area contributed by atoms with E-state index < -0.39 is 71.0 Å². The SMILES string of the molecule is CC(C)(C)N(CCC(=O)Nc1cc(C(F)(F)F)cc(C(F)(F)F)c1)C(=O)OC1CCc2cc(/C=C/C(=O)Nc3ccc(F)cc3N)ccc21. The summed E-state index contributed by atoms with van der Waals surface area (Å²) in [6.07, 6.45) is -8.13. The molecule has 0 saturated carbocycles. The molecule has 0 radical (unpaired) electrons. The van der Waals surface area contributed by atoms with Crippen LogP contribution in [0.1, 0.15) is 67.5 Å². The van der Waals surface area contributed by atoms with Crippen LogP contribution in [-0.2, 0) is 33.1 Å².